The molecule has 2 rings (SSSR count). The van der Waals surface area contributed by atoms with Crippen LogP contribution in [0.4, 0.5) is 0 Å². The van der Waals surface area contributed by atoms with Gasteiger partial charge in [-0.1, -0.05) is 64.4 Å². The maximum absolute atomic E-state index is 11.0. The number of carbonyl (C=O) groups excluding carboxylic acids is 1. The van der Waals surface area contributed by atoms with Crippen LogP contribution in [-0.2, 0) is 11.2 Å². The minimum absolute atomic E-state index is 0. The van der Waals surface area contributed by atoms with Gasteiger partial charge >= 0.3 is 0 Å². The molecule has 1 fully saturated rings. The second-order valence-electron chi connectivity index (χ2n) is 7.37. The topological polar surface area (TPSA) is 17.1 Å². The number of hydrogen-bond acceptors (Lipinski definition) is 1. The molecule has 0 unspecified atom stereocenters. The van der Waals surface area contributed by atoms with E-state index in [0.29, 0.717) is 24.2 Å². The van der Waals surface area contributed by atoms with Gasteiger partial charge in [0.1, 0.15) is 0 Å². The Balaban J connectivity index is 0.00000288. The molecule has 1 radical (unpaired) electrons. The Bertz CT molecular complexity index is 569. The minimum atomic E-state index is 0. The molecule has 1 aliphatic carbocycles. The third-order valence-corrected chi connectivity index (χ3v) is 4.84. The van der Waals surface area contributed by atoms with E-state index in [0.717, 1.165) is 11.1 Å². The van der Waals surface area contributed by atoms with E-state index in [1.807, 2.05) is 0 Å². The van der Waals surface area contributed by atoms with Crippen molar-refractivity contribution in [3.05, 3.63) is 34.4 Å². The summed E-state index contributed by atoms with van der Waals surface area (Å²) < 4.78 is 0. The zero-order chi connectivity index (χ0) is 16.8. The smallest absolute Gasteiger partial charge is 0.0251 e. The second-order valence-corrected chi connectivity index (χ2v) is 7.37. The Kier molecular flexibility index (Phi) is 9.65. The van der Waals surface area contributed by atoms with Crippen LogP contribution in [0.2, 0.25) is 0 Å². The van der Waals surface area contributed by atoms with Gasteiger partial charge in [-0.2, -0.15) is 0 Å². The summed E-state index contributed by atoms with van der Waals surface area (Å²) in [5.41, 5.74) is 4.78. The Morgan fingerprint density at radius 2 is 1.58 bits per heavy atom. The first-order chi connectivity index (χ1) is 11.0. The number of benzene rings is 1. The summed E-state index contributed by atoms with van der Waals surface area (Å²) in [7, 11) is 0. The quantitative estimate of drug-likeness (QED) is 0.319. The maximum Gasteiger partial charge on any atom is 0.0251 e. The van der Waals surface area contributed by atoms with Crippen molar-refractivity contribution in [3.8, 4) is 11.8 Å². The summed E-state index contributed by atoms with van der Waals surface area (Å²) in [6.07, 6.45) is 8.98. The standard InChI is InChI=1S/C22H29O.Ho/c1-16(2)21-14-19(11-10-18-8-6-5-7-9-18)15-22(17(3)4)20(21)12-13-23;/h14-18H,5-9,12H2,1-4H3;/q-1;. The zero-order valence-corrected chi connectivity index (χ0v) is 17.3. The van der Waals surface area contributed by atoms with Gasteiger partial charge in [-0.3, -0.25) is 6.29 Å². The van der Waals surface area contributed by atoms with E-state index in [1.54, 1.807) is 0 Å². The van der Waals surface area contributed by atoms with Crippen molar-refractivity contribution >= 4 is 6.29 Å². The van der Waals surface area contributed by atoms with E-state index in [-0.39, 0.29) is 37.7 Å². The average Bonchev–Trinajstić information content (AvgIpc) is 2.54. The van der Waals surface area contributed by atoms with Crippen molar-refractivity contribution in [2.75, 3.05) is 0 Å². The van der Waals surface area contributed by atoms with Crippen LogP contribution in [0.3, 0.4) is 0 Å². The molecule has 2 heteroatoms. The Labute approximate surface area is 178 Å². The van der Waals surface area contributed by atoms with Crippen LogP contribution < -0.4 is 0 Å². The van der Waals surface area contributed by atoms with Crippen LogP contribution in [0.1, 0.15) is 93.9 Å². The van der Waals surface area contributed by atoms with Crippen molar-refractivity contribution in [1.82, 2.24) is 0 Å². The van der Waals surface area contributed by atoms with Crippen molar-refractivity contribution in [3.63, 3.8) is 0 Å². The Morgan fingerprint density at radius 1 is 1.04 bits per heavy atom. The fraction of sp³-hybridized carbons (Fsp3) is 0.591. The van der Waals surface area contributed by atoms with Crippen LogP contribution in [0.5, 0.6) is 0 Å². The van der Waals surface area contributed by atoms with Gasteiger partial charge in [-0.15, -0.1) is 6.42 Å². The van der Waals surface area contributed by atoms with Crippen molar-refractivity contribution < 1.29 is 42.5 Å². The van der Waals surface area contributed by atoms with E-state index in [9.17, 15) is 4.79 Å². The van der Waals surface area contributed by atoms with E-state index in [1.165, 1.54) is 43.2 Å². The maximum atomic E-state index is 11.0. The molecule has 0 saturated heterocycles. The summed E-state index contributed by atoms with van der Waals surface area (Å²) in [4.78, 5) is 11.0. The molecule has 1 saturated carbocycles. The molecule has 1 aliphatic rings. The first kappa shape index (κ1) is 21.8. The number of hydrogen-bond donors (Lipinski definition) is 0. The second kappa shape index (κ2) is 10.6. The van der Waals surface area contributed by atoms with Crippen LogP contribution in [-0.4, -0.2) is 6.29 Å². The summed E-state index contributed by atoms with van der Waals surface area (Å²) in [5, 5.41) is 0. The van der Waals surface area contributed by atoms with Gasteiger partial charge in [-0.05, 0) is 47.9 Å². The molecule has 1 aromatic carbocycles. The summed E-state index contributed by atoms with van der Waals surface area (Å²) in [6.45, 7) is 8.75. The largest absolute Gasteiger partial charge is 0.541 e. The van der Waals surface area contributed by atoms with E-state index in [4.69, 9.17) is 0 Å². The molecule has 0 aromatic heterocycles. The summed E-state index contributed by atoms with van der Waals surface area (Å²) >= 11 is 0. The zero-order valence-electron chi connectivity index (χ0n) is 15.3. The third kappa shape index (κ3) is 5.90. The molecule has 0 heterocycles. The van der Waals surface area contributed by atoms with E-state index >= 15 is 0 Å². The van der Waals surface area contributed by atoms with Gasteiger partial charge in [0.25, 0.3) is 0 Å². The molecule has 0 amide bonds. The molecular formula is C22H29HoO-. The fourth-order valence-corrected chi connectivity index (χ4v) is 3.53. The van der Waals surface area contributed by atoms with Crippen LogP contribution >= 0.6 is 0 Å². The van der Waals surface area contributed by atoms with Gasteiger partial charge in [-0.25, -0.2) is 0 Å². The van der Waals surface area contributed by atoms with Gasteiger partial charge in [0.2, 0.25) is 0 Å². The Morgan fingerprint density at radius 3 is 2.04 bits per heavy atom. The first-order valence-electron chi connectivity index (χ1n) is 9.06. The summed E-state index contributed by atoms with van der Waals surface area (Å²) in [6, 6.07) is 4.39. The number of rotatable bonds is 4. The summed E-state index contributed by atoms with van der Waals surface area (Å²) in [5.74, 6) is 8.28. The SMILES string of the molecule is CC(C)c1cc(C#CC2CCCCC2)cc(C(C)C)c1C[C-]=O.[Ho]. The molecule has 0 N–H and O–H groups in total. The molecule has 1 nitrogen and oxygen atoms in total. The molecule has 1 aromatic rings. The van der Waals surface area contributed by atoms with E-state index < -0.39 is 0 Å². The molecular weight excluding hydrogens is 445 g/mol. The third-order valence-electron chi connectivity index (χ3n) is 4.84. The van der Waals surface area contributed by atoms with Crippen LogP contribution in [0.15, 0.2) is 12.1 Å². The van der Waals surface area contributed by atoms with Crippen LogP contribution in [0, 0.1) is 55.5 Å². The van der Waals surface area contributed by atoms with Gasteiger partial charge in [0.15, 0.2) is 0 Å². The predicted octanol–water partition coefficient (Wildman–Crippen LogP) is 5.52. The monoisotopic (exact) mass is 474 g/mol. The van der Waals surface area contributed by atoms with Gasteiger partial charge in [0.05, 0.1) is 0 Å². The van der Waals surface area contributed by atoms with Crippen molar-refractivity contribution in [1.29, 1.82) is 0 Å². The van der Waals surface area contributed by atoms with Gasteiger partial charge < -0.3 is 4.79 Å². The van der Waals surface area contributed by atoms with Crippen molar-refractivity contribution in [2.24, 2.45) is 5.92 Å². The van der Waals surface area contributed by atoms with Gasteiger partial charge in [0, 0.05) is 49.2 Å². The molecule has 24 heavy (non-hydrogen) atoms. The average molecular weight is 474 g/mol. The minimum Gasteiger partial charge on any atom is -0.541 e. The predicted molar refractivity (Wildman–Crippen MR) is 97.5 cm³/mol. The first-order valence-corrected chi connectivity index (χ1v) is 9.06. The van der Waals surface area contributed by atoms with Crippen LogP contribution in [0.25, 0.3) is 0 Å². The Hall–Kier alpha value is -0.290. The van der Waals surface area contributed by atoms with E-state index in [2.05, 4.69) is 58.0 Å². The molecule has 0 atom stereocenters. The molecule has 0 bridgehead atoms. The normalized spacial score (nSPS) is 14.9. The molecule has 135 valence electrons. The van der Waals surface area contributed by atoms with Crippen molar-refractivity contribution in [2.45, 2.75) is 78.1 Å². The fourth-order valence-electron chi connectivity index (χ4n) is 3.53. The molecule has 0 aliphatic heterocycles. The molecule has 0 spiro atoms.